The van der Waals surface area contributed by atoms with Gasteiger partial charge in [0.05, 0.1) is 5.69 Å². The zero-order valence-electron chi connectivity index (χ0n) is 11.3. The molecule has 0 amide bonds. The van der Waals surface area contributed by atoms with Crippen molar-refractivity contribution in [1.29, 1.82) is 0 Å². The van der Waals surface area contributed by atoms with Gasteiger partial charge < -0.3 is 5.32 Å². The SMILES string of the molecule is CCNC1CCC(C)CC1Cc1ccn(C)n1. The Balaban J connectivity index is 1.99. The molecule has 1 heterocycles. The Morgan fingerprint density at radius 3 is 2.94 bits per heavy atom. The number of aryl methyl sites for hydroxylation is 1. The quantitative estimate of drug-likeness (QED) is 0.868. The molecule has 1 N–H and O–H groups in total. The molecule has 0 aliphatic heterocycles. The molecule has 0 aromatic carbocycles. The number of hydrogen-bond donors (Lipinski definition) is 1. The Morgan fingerprint density at radius 1 is 1.47 bits per heavy atom. The van der Waals surface area contributed by atoms with E-state index in [-0.39, 0.29) is 0 Å². The van der Waals surface area contributed by atoms with Gasteiger partial charge in [-0.2, -0.15) is 5.10 Å². The van der Waals surface area contributed by atoms with Crippen molar-refractivity contribution in [3.8, 4) is 0 Å². The van der Waals surface area contributed by atoms with Gasteiger partial charge in [-0.15, -0.1) is 0 Å². The minimum atomic E-state index is 0.693. The van der Waals surface area contributed by atoms with E-state index < -0.39 is 0 Å². The van der Waals surface area contributed by atoms with Gasteiger partial charge in [0.2, 0.25) is 0 Å². The Labute approximate surface area is 105 Å². The highest BCUT2D eigenvalue weighted by Crippen LogP contribution is 2.31. The maximum Gasteiger partial charge on any atom is 0.0627 e. The molecule has 1 aromatic rings. The van der Waals surface area contributed by atoms with Crippen LogP contribution in [0.3, 0.4) is 0 Å². The lowest BCUT2D eigenvalue weighted by Gasteiger charge is -2.35. The molecule has 1 aromatic heterocycles. The van der Waals surface area contributed by atoms with Crippen molar-refractivity contribution in [2.75, 3.05) is 6.54 Å². The molecule has 96 valence electrons. The van der Waals surface area contributed by atoms with E-state index in [1.165, 1.54) is 25.0 Å². The molecule has 0 bridgehead atoms. The third kappa shape index (κ3) is 3.32. The predicted molar refractivity (Wildman–Crippen MR) is 70.9 cm³/mol. The number of rotatable bonds is 4. The topological polar surface area (TPSA) is 29.9 Å². The van der Waals surface area contributed by atoms with Crippen molar-refractivity contribution in [3.63, 3.8) is 0 Å². The van der Waals surface area contributed by atoms with Crippen molar-refractivity contribution in [2.45, 2.75) is 45.6 Å². The molecule has 1 aliphatic rings. The molecule has 3 atom stereocenters. The number of hydrogen-bond acceptors (Lipinski definition) is 2. The fourth-order valence-electron chi connectivity index (χ4n) is 3.10. The Morgan fingerprint density at radius 2 is 2.29 bits per heavy atom. The number of aromatic nitrogens is 2. The highest BCUT2D eigenvalue weighted by molar-refractivity contribution is 5.02. The van der Waals surface area contributed by atoms with Crippen LogP contribution < -0.4 is 5.32 Å². The molecule has 3 heteroatoms. The van der Waals surface area contributed by atoms with Gasteiger partial charge >= 0.3 is 0 Å². The van der Waals surface area contributed by atoms with Gasteiger partial charge in [0.25, 0.3) is 0 Å². The molecule has 1 saturated carbocycles. The summed E-state index contributed by atoms with van der Waals surface area (Å²) < 4.78 is 1.91. The molecular formula is C14H25N3. The summed E-state index contributed by atoms with van der Waals surface area (Å²) in [7, 11) is 1.99. The predicted octanol–water partition coefficient (Wildman–Crippen LogP) is 2.38. The van der Waals surface area contributed by atoms with Crippen LogP contribution in [-0.2, 0) is 13.5 Å². The zero-order valence-corrected chi connectivity index (χ0v) is 11.3. The molecule has 0 saturated heterocycles. The van der Waals surface area contributed by atoms with E-state index in [0.717, 1.165) is 24.8 Å². The molecule has 3 nitrogen and oxygen atoms in total. The molecule has 3 unspecified atom stereocenters. The van der Waals surface area contributed by atoms with Crippen molar-refractivity contribution in [2.24, 2.45) is 18.9 Å². The summed E-state index contributed by atoms with van der Waals surface area (Å²) in [5.74, 6) is 1.63. The van der Waals surface area contributed by atoms with Crippen molar-refractivity contribution in [3.05, 3.63) is 18.0 Å². The summed E-state index contributed by atoms with van der Waals surface area (Å²) in [6.45, 7) is 5.67. The van der Waals surface area contributed by atoms with Crippen molar-refractivity contribution >= 4 is 0 Å². The molecule has 17 heavy (non-hydrogen) atoms. The average Bonchev–Trinajstić information content (AvgIpc) is 2.68. The van der Waals surface area contributed by atoms with E-state index in [1.54, 1.807) is 0 Å². The standard InChI is InChI=1S/C14H25N3/c1-4-15-14-6-5-11(2)9-12(14)10-13-7-8-17(3)16-13/h7-8,11-12,14-15H,4-6,9-10H2,1-3H3. The van der Waals surface area contributed by atoms with Gasteiger partial charge in [-0.3, -0.25) is 4.68 Å². The van der Waals surface area contributed by atoms with Gasteiger partial charge in [0, 0.05) is 19.3 Å². The average molecular weight is 235 g/mol. The lowest BCUT2D eigenvalue weighted by atomic mass is 9.76. The summed E-state index contributed by atoms with van der Waals surface area (Å²) in [4.78, 5) is 0. The van der Waals surface area contributed by atoms with Crippen LogP contribution in [0, 0.1) is 11.8 Å². The first-order chi connectivity index (χ1) is 8.19. The Hall–Kier alpha value is -0.830. The molecule has 2 rings (SSSR count). The van der Waals surface area contributed by atoms with E-state index >= 15 is 0 Å². The van der Waals surface area contributed by atoms with Gasteiger partial charge in [-0.1, -0.05) is 13.8 Å². The lowest BCUT2D eigenvalue weighted by Crippen LogP contribution is -2.41. The van der Waals surface area contributed by atoms with Crippen molar-refractivity contribution < 1.29 is 0 Å². The summed E-state index contributed by atoms with van der Waals surface area (Å²) >= 11 is 0. The smallest absolute Gasteiger partial charge is 0.0627 e. The minimum absolute atomic E-state index is 0.693. The van der Waals surface area contributed by atoms with E-state index in [9.17, 15) is 0 Å². The van der Waals surface area contributed by atoms with Crippen LogP contribution in [0.1, 0.15) is 38.8 Å². The van der Waals surface area contributed by atoms with E-state index in [0.29, 0.717) is 6.04 Å². The minimum Gasteiger partial charge on any atom is -0.314 e. The van der Waals surface area contributed by atoms with E-state index in [2.05, 4.69) is 30.3 Å². The first kappa shape index (κ1) is 12.6. The van der Waals surface area contributed by atoms with Crippen molar-refractivity contribution in [1.82, 2.24) is 15.1 Å². The van der Waals surface area contributed by atoms with Crippen LogP contribution >= 0.6 is 0 Å². The van der Waals surface area contributed by atoms with E-state index in [4.69, 9.17) is 0 Å². The third-order valence-electron chi connectivity index (χ3n) is 3.95. The molecule has 1 fully saturated rings. The fraction of sp³-hybridized carbons (Fsp3) is 0.786. The van der Waals surface area contributed by atoms with Gasteiger partial charge in [-0.05, 0) is 50.1 Å². The lowest BCUT2D eigenvalue weighted by molar-refractivity contribution is 0.213. The third-order valence-corrected chi connectivity index (χ3v) is 3.95. The maximum atomic E-state index is 4.51. The summed E-state index contributed by atoms with van der Waals surface area (Å²) in [6, 6.07) is 2.85. The molecule has 0 radical (unpaired) electrons. The maximum absolute atomic E-state index is 4.51. The molecule has 0 spiro atoms. The molecule has 1 aliphatic carbocycles. The highest BCUT2D eigenvalue weighted by atomic mass is 15.2. The normalized spacial score (nSPS) is 29.5. The number of nitrogens with zero attached hydrogens (tertiary/aromatic N) is 2. The second kappa shape index (κ2) is 5.67. The Kier molecular flexibility index (Phi) is 4.21. The molecular weight excluding hydrogens is 210 g/mol. The van der Waals surface area contributed by atoms with Gasteiger partial charge in [-0.25, -0.2) is 0 Å². The van der Waals surface area contributed by atoms with Crippen LogP contribution in [0.15, 0.2) is 12.3 Å². The van der Waals surface area contributed by atoms with Gasteiger partial charge in [0.1, 0.15) is 0 Å². The van der Waals surface area contributed by atoms with Crippen LogP contribution in [0.25, 0.3) is 0 Å². The van der Waals surface area contributed by atoms with Crippen LogP contribution in [-0.4, -0.2) is 22.4 Å². The van der Waals surface area contributed by atoms with Crippen LogP contribution in [0.5, 0.6) is 0 Å². The van der Waals surface area contributed by atoms with Gasteiger partial charge in [0.15, 0.2) is 0 Å². The Bertz CT molecular complexity index is 345. The fourth-order valence-corrected chi connectivity index (χ4v) is 3.10. The summed E-state index contributed by atoms with van der Waals surface area (Å²) in [5.41, 5.74) is 1.24. The zero-order chi connectivity index (χ0) is 12.3. The van der Waals surface area contributed by atoms with Crippen LogP contribution in [0.4, 0.5) is 0 Å². The monoisotopic (exact) mass is 235 g/mol. The second-order valence-electron chi connectivity index (χ2n) is 5.53. The summed E-state index contributed by atoms with van der Waals surface area (Å²) in [5, 5.41) is 8.16. The van der Waals surface area contributed by atoms with E-state index in [1.807, 2.05) is 17.9 Å². The highest BCUT2D eigenvalue weighted by Gasteiger charge is 2.28. The van der Waals surface area contributed by atoms with Crippen LogP contribution in [0.2, 0.25) is 0 Å². The largest absolute Gasteiger partial charge is 0.314 e. The second-order valence-corrected chi connectivity index (χ2v) is 5.53. The summed E-state index contributed by atoms with van der Waals surface area (Å²) in [6.07, 6.45) is 7.21. The first-order valence-corrected chi connectivity index (χ1v) is 6.91. The number of nitrogens with one attached hydrogen (secondary N) is 1. The first-order valence-electron chi connectivity index (χ1n) is 6.91.